The Morgan fingerprint density at radius 1 is 1.74 bits per heavy atom. The largest absolute Gasteiger partial charge is 0.465 e. The molecule has 0 bridgehead atoms. The lowest BCUT2D eigenvalue weighted by Gasteiger charge is -2.30. The maximum Gasteiger partial charge on any atom is 0.409 e. The third-order valence-corrected chi connectivity index (χ3v) is 2.99. The molecule has 0 spiro atoms. The second-order valence-corrected chi connectivity index (χ2v) is 4.72. The van der Waals surface area contributed by atoms with Crippen LogP contribution in [0.15, 0.2) is 12.3 Å². The van der Waals surface area contributed by atoms with Gasteiger partial charge < -0.3 is 20.0 Å². The van der Waals surface area contributed by atoms with Gasteiger partial charge in [0.05, 0.1) is 36.6 Å². The Labute approximate surface area is 108 Å². The lowest BCUT2D eigenvalue weighted by Crippen LogP contribution is -2.48. The normalized spacial score (nSPS) is 21.6. The van der Waals surface area contributed by atoms with E-state index in [1.54, 1.807) is 13.8 Å². The quantitative estimate of drug-likeness (QED) is 0.645. The Kier molecular flexibility index (Phi) is 3.14. The number of carboxylic acid groups (broad SMARTS) is 1. The molecule has 1 fully saturated rings. The average molecular weight is 270 g/mol. The van der Waals surface area contributed by atoms with E-state index in [0.29, 0.717) is 0 Å². The summed E-state index contributed by atoms with van der Waals surface area (Å²) >= 11 is 0. The molecular formula is C10H14N4O5. The fraction of sp³-hybridized carbons (Fsp3) is 0.600. The van der Waals surface area contributed by atoms with Crippen LogP contribution >= 0.6 is 0 Å². The van der Waals surface area contributed by atoms with E-state index in [1.807, 2.05) is 0 Å². The van der Waals surface area contributed by atoms with Gasteiger partial charge in [0.2, 0.25) is 0 Å². The molecule has 2 rings (SSSR count). The van der Waals surface area contributed by atoms with Crippen molar-refractivity contribution in [1.82, 2.24) is 14.7 Å². The van der Waals surface area contributed by atoms with Crippen molar-refractivity contribution in [3.63, 3.8) is 0 Å². The van der Waals surface area contributed by atoms with E-state index in [2.05, 4.69) is 5.10 Å². The number of nitro groups is 1. The first-order chi connectivity index (χ1) is 8.81. The van der Waals surface area contributed by atoms with E-state index in [1.165, 1.54) is 21.8 Å². The van der Waals surface area contributed by atoms with E-state index in [0.717, 1.165) is 0 Å². The monoisotopic (exact) mass is 270 g/mol. The van der Waals surface area contributed by atoms with E-state index >= 15 is 0 Å². The van der Waals surface area contributed by atoms with Crippen molar-refractivity contribution in [3.05, 3.63) is 22.4 Å². The number of rotatable bonds is 3. The second kappa shape index (κ2) is 4.50. The molecule has 1 saturated heterocycles. The van der Waals surface area contributed by atoms with Crippen LogP contribution < -0.4 is 0 Å². The lowest BCUT2D eigenvalue weighted by atomic mass is 10.2. The van der Waals surface area contributed by atoms with E-state index in [-0.39, 0.29) is 19.0 Å². The van der Waals surface area contributed by atoms with Crippen LogP contribution in [0.3, 0.4) is 0 Å². The Morgan fingerprint density at radius 2 is 2.42 bits per heavy atom. The summed E-state index contributed by atoms with van der Waals surface area (Å²) in [6.45, 7) is 3.76. The molecule has 1 N–H and O–H groups in total. The molecule has 104 valence electrons. The molecule has 1 aliphatic rings. The molecule has 1 aromatic rings. The molecule has 0 aromatic carbocycles. The molecule has 1 atom stereocenters. The first-order valence-corrected chi connectivity index (χ1v) is 5.65. The average Bonchev–Trinajstić information content (AvgIpc) is 2.84. The van der Waals surface area contributed by atoms with Crippen molar-refractivity contribution >= 4 is 11.9 Å². The second-order valence-electron chi connectivity index (χ2n) is 4.72. The van der Waals surface area contributed by atoms with Gasteiger partial charge in [-0.3, -0.25) is 4.90 Å². The molecule has 19 heavy (non-hydrogen) atoms. The van der Waals surface area contributed by atoms with Crippen LogP contribution in [0.5, 0.6) is 0 Å². The highest BCUT2D eigenvalue weighted by atomic mass is 16.6. The highest BCUT2D eigenvalue weighted by Gasteiger charge is 2.44. The van der Waals surface area contributed by atoms with E-state index in [9.17, 15) is 20.0 Å². The number of hydrogen-bond acceptors (Lipinski definition) is 5. The van der Waals surface area contributed by atoms with Gasteiger partial charge in [0.25, 0.3) is 0 Å². The van der Waals surface area contributed by atoms with Crippen LogP contribution in [0, 0.1) is 10.1 Å². The minimum Gasteiger partial charge on any atom is -0.465 e. The predicted octanol–water partition coefficient (Wildman–Crippen LogP) is 0.906. The predicted molar refractivity (Wildman–Crippen MR) is 62.6 cm³/mol. The van der Waals surface area contributed by atoms with Crippen LogP contribution in [-0.2, 0) is 11.3 Å². The molecule has 1 aromatic heterocycles. The van der Waals surface area contributed by atoms with Crippen molar-refractivity contribution in [2.24, 2.45) is 0 Å². The van der Waals surface area contributed by atoms with Gasteiger partial charge in [-0.1, -0.05) is 0 Å². The summed E-state index contributed by atoms with van der Waals surface area (Å²) in [5, 5.41) is 23.5. The van der Waals surface area contributed by atoms with Crippen molar-refractivity contribution in [3.8, 4) is 0 Å². The molecule has 9 nitrogen and oxygen atoms in total. The molecule has 2 heterocycles. The summed E-state index contributed by atoms with van der Waals surface area (Å²) in [6.07, 6.45) is 0.359. The van der Waals surface area contributed by atoms with Crippen LogP contribution in [-0.4, -0.2) is 49.2 Å². The Morgan fingerprint density at radius 3 is 2.95 bits per heavy atom. The van der Waals surface area contributed by atoms with Gasteiger partial charge in [-0.05, 0) is 18.8 Å². The highest BCUT2D eigenvalue weighted by molar-refractivity contribution is 5.66. The van der Waals surface area contributed by atoms with Gasteiger partial charge in [-0.25, -0.2) is 4.79 Å². The van der Waals surface area contributed by atoms with Crippen LogP contribution in [0.4, 0.5) is 10.6 Å². The summed E-state index contributed by atoms with van der Waals surface area (Å²) < 4.78 is 6.77. The Balaban J connectivity index is 2.14. The zero-order valence-electron chi connectivity index (χ0n) is 10.5. The minimum atomic E-state index is -1.09. The molecular weight excluding hydrogens is 256 g/mol. The number of ether oxygens (including phenoxy) is 1. The lowest BCUT2D eigenvalue weighted by molar-refractivity contribution is -0.389. The molecule has 0 radical (unpaired) electrons. The molecule has 0 aliphatic carbocycles. The summed E-state index contributed by atoms with van der Waals surface area (Å²) in [5.41, 5.74) is -0.907. The van der Waals surface area contributed by atoms with Crippen LogP contribution in [0.1, 0.15) is 13.8 Å². The smallest absolute Gasteiger partial charge is 0.409 e. The van der Waals surface area contributed by atoms with Gasteiger partial charge in [0.15, 0.2) is 0 Å². The molecule has 1 amide bonds. The molecule has 1 aliphatic heterocycles. The molecule has 9 heteroatoms. The summed E-state index contributed by atoms with van der Waals surface area (Å²) in [5.74, 6) is -0.264. The SMILES string of the molecule is CC1(C)OC[C@@H](Cn2ccc([N+](=O)[O-])n2)N1C(=O)O. The van der Waals surface area contributed by atoms with Crippen LogP contribution in [0.2, 0.25) is 0 Å². The fourth-order valence-electron chi connectivity index (χ4n) is 2.17. The van der Waals surface area contributed by atoms with Gasteiger partial charge in [0, 0.05) is 0 Å². The van der Waals surface area contributed by atoms with Crippen molar-refractivity contribution < 1.29 is 19.6 Å². The number of nitrogens with zero attached hydrogens (tertiary/aromatic N) is 4. The first-order valence-electron chi connectivity index (χ1n) is 5.65. The molecule has 0 unspecified atom stereocenters. The zero-order chi connectivity index (χ0) is 14.2. The number of aromatic nitrogens is 2. The minimum absolute atomic E-state index is 0.212. The fourth-order valence-corrected chi connectivity index (χ4v) is 2.17. The third kappa shape index (κ3) is 2.50. The van der Waals surface area contributed by atoms with Gasteiger partial charge >= 0.3 is 11.9 Å². The van der Waals surface area contributed by atoms with E-state index < -0.39 is 22.8 Å². The number of carbonyl (C=O) groups is 1. The van der Waals surface area contributed by atoms with Crippen molar-refractivity contribution in [2.75, 3.05) is 6.61 Å². The van der Waals surface area contributed by atoms with Gasteiger partial charge in [-0.2, -0.15) is 4.68 Å². The van der Waals surface area contributed by atoms with Gasteiger partial charge in [-0.15, -0.1) is 0 Å². The topological polar surface area (TPSA) is 111 Å². The third-order valence-electron chi connectivity index (χ3n) is 2.99. The first kappa shape index (κ1) is 13.3. The number of hydrogen-bond donors (Lipinski definition) is 1. The Bertz CT molecular complexity index is 512. The van der Waals surface area contributed by atoms with E-state index in [4.69, 9.17) is 4.74 Å². The maximum absolute atomic E-state index is 11.2. The standard InChI is InChI=1S/C10H14N4O5/c1-10(2)13(9(15)16)7(6-19-10)5-12-4-3-8(11-12)14(17)18/h3-4,7H,5-6H2,1-2H3,(H,15,16)/t7-/m1/s1. The zero-order valence-corrected chi connectivity index (χ0v) is 10.5. The summed E-state index contributed by atoms with van der Waals surface area (Å²) in [6, 6.07) is 0.846. The van der Waals surface area contributed by atoms with Crippen molar-refractivity contribution in [1.29, 1.82) is 0 Å². The Hall–Kier alpha value is -2.16. The van der Waals surface area contributed by atoms with Gasteiger partial charge in [0.1, 0.15) is 5.72 Å². The van der Waals surface area contributed by atoms with Crippen molar-refractivity contribution in [2.45, 2.75) is 32.2 Å². The maximum atomic E-state index is 11.2. The molecule has 0 saturated carbocycles. The summed E-state index contributed by atoms with van der Waals surface area (Å²) in [7, 11) is 0. The highest BCUT2D eigenvalue weighted by Crippen LogP contribution is 2.28. The number of amides is 1. The summed E-state index contributed by atoms with van der Waals surface area (Å²) in [4.78, 5) is 22.4. The van der Waals surface area contributed by atoms with Crippen LogP contribution in [0.25, 0.3) is 0 Å².